The zero-order valence-corrected chi connectivity index (χ0v) is 17.9. The largest absolute Gasteiger partial charge is 0.497 e. The van der Waals surface area contributed by atoms with Crippen molar-refractivity contribution in [3.63, 3.8) is 0 Å². The van der Waals surface area contributed by atoms with Gasteiger partial charge < -0.3 is 9.47 Å². The number of rotatable bonds is 3. The number of aryl methyl sites for hydroxylation is 1. The number of hydrogen-bond donors (Lipinski definition) is 0. The van der Waals surface area contributed by atoms with E-state index in [0.29, 0.717) is 0 Å². The molecule has 2 atom stereocenters. The van der Waals surface area contributed by atoms with Crippen LogP contribution in [-0.4, -0.2) is 17.8 Å². The zero-order chi connectivity index (χ0) is 20.0. The zero-order valence-electron chi connectivity index (χ0n) is 16.3. The van der Waals surface area contributed by atoms with Crippen LogP contribution in [0.5, 0.6) is 11.5 Å². The lowest BCUT2D eigenvalue weighted by molar-refractivity contribution is -0.0191. The van der Waals surface area contributed by atoms with Crippen molar-refractivity contribution in [2.75, 3.05) is 7.11 Å². The van der Waals surface area contributed by atoms with Gasteiger partial charge in [-0.05, 0) is 55.0 Å². The van der Waals surface area contributed by atoms with Crippen molar-refractivity contribution in [1.82, 2.24) is 5.01 Å². The second-order valence-electron chi connectivity index (χ2n) is 7.44. The van der Waals surface area contributed by atoms with Gasteiger partial charge in [-0.15, -0.1) is 0 Å². The van der Waals surface area contributed by atoms with Gasteiger partial charge in [0.15, 0.2) is 0 Å². The predicted octanol–water partition coefficient (Wildman–Crippen LogP) is 6.01. The van der Waals surface area contributed by atoms with Crippen molar-refractivity contribution in [1.29, 1.82) is 0 Å². The topological polar surface area (TPSA) is 34.1 Å². The van der Waals surface area contributed by atoms with Gasteiger partial charge in [0.1, 0.15) is 11.5 Å². The molecule has 0 saturated carbocycles. The van der Waals surface area contributed by atoms with E-state index in [2.05, 4.69) is 58.2 Å². The third kappa shape index (κ3) is 3.29. The summed E-state index contributed by atoms with van der Waals surface area (Å²) in [6.07, 6.45) is 0.574. The summed E-state index contributed by atoms with van der Waals surface area (Å²) >= 11 is 3.61. The first-order valence-electron chi connectivity index (χ1n) is 9.65. The maximum absolute atomic E-state index is 6.42. The Hall–Kier alpha value is -2.79. The molecule has 0 bridgehead atoms. The van der Waals surface area contributed by atoms with E-state index in [9.17, 15) is 0 Å². The first-order valence-corrected chi connectivity index (χ1v) is 10.4. The summed E-state index contributed by atoms with van der Waals surface area (Å²) in [6, 6.07) is 22.9. The van der Waals surface area contributed by atoms with E-state index in [1.54, 1.807) is 7.11 Å². The molecule has 0 N–H and O–H groups in total. The Kier molecular flexibility index (Phi) is 4.55. The molecule has 0 aromatic heterocycles. The summed E-state index contributed by atoms with van der Waals surface area (Å²) in [4.78, 5) is 0. The van der Waals surface area contributed by atoms with Crippen molar-refractivity contribution in [3.05, 3.63) is 93.5 Å². The van der Waals surface area contributed by atoms with Gasteiger partial charge in [0.05, 0.1) is 18.9 Å². The smallest absolute Gasteiger partial charge is 0.213 e. The Labute approximate surface area is 178 Å². The molecule has 0 saturated heterocycles. The monoisotopic (exact) mass is 448 g/mol. The van der Waals surface area contributed by atoms with Gasteiger partial charge in [-0.2, -0.15) is 5.10 Å². The van der Waals surface area contributed by atoms with Crippen LogP contribution in [0.2, 0.25) is 0 Å². The molecule has 29 heavy (non-hydrogen) atoms. The van der Waals surface area contributed by atoms with Crippen molar-refractivity contribution in [3.8, 4) is 11.5 Å². The van der Waals surface area contributed by atoms with E-state index in [-0.39, 0.29) is 12.3 Å². The maximum Gasteiger partial charge on any atom is 0.213 e. The minimum atomic E-state index is -0.275. The standard InChI is InChI=1S/C24H21BrN2O2/c1-15-3-5-16(6-4-15)21-14-22-20-13-18(25)9-12-23(20)29-24(27(22)26-21)17-7-10-19(28-2)11-8-17/h3-13,22,24H,14H2,1-2H3/t22-,24+/m1/s1. The van der Waals surface area contributed by atoms with E-state index >= 15 is 0 Å². The fraction of sp³-hybridized carbons (Fsp3) is 0.208. The molecule has 0 spiro atoms. The number of hydrazone groups is 1. The van der Waals surface area contributed by atoms with Crippen molar-refractivity contribution in [2.45, 2.75) is 25.6 Å². The highest BCUT2D eigenvalue weighted by atomic mass is 79.9. The van der Waals surface area contributed by atoms with Crippen LogP contribution in [0.4, 0.5) is 0 Å². The van der Waals surface area contributed by atoms with E-state index in [1.807, 2.05) is 36.4 Å². The molecule has 0 fully saturated rings. The number of nitrogens with zero attached hydrogens (tertiary/aromatic N) is 2. The molecule has 3 aromatic rings. The molecule has 4 nitrogen and oxygen atoms in total. The predicted molar refractivity (Wildman–Crippen MR) is 117 cm³/mol. The SMILES string of the molecule is COc1ccc([C@@H]2Oc3ccc(Br)cc3[C@H]3CC(c4ccc(C)cc4)=NN32)cc1. The molecule has 0 unspecified atom stereocenters. The Morgan fingerprint density at radius 3 is 2.52 bits per heavy atom. The number of methoxy groups -OCH3 is 1. The average molecular weight is 449 g/mol. The van der Waals surface area contributed by atoms with Gasteiger partial charge >= 0.3 is 0 Å². The second kappa shape index (κ2) is 7.23. The Bertz CT molecular complexity index is 1080. The molecule has 0 aliphatic carbocycles. The summed E-state index contributed by atoms with van der Waals surface area (Å²) in [5.74, 6) is 1.74. The van der Waals surface area contributed by atoms with Crippen LogP contribution in [0, 0.1) is 6.92 Å². The summed E-state index contributed by atoms with van der Waals surface area (Å²) in [6.45, 7) is 2.10. The number of benzene rings is 3. The van der Waals surface area contributed by atoms with Crippen molar-refractivity contribution >= 4 is 21.6 Å². The lowest BCUT2D eigenvalue weighted by Gasteiger charge is -2.38. The average Bonchev–Trinajstić information content (AvgIpc) is 3.20. The van der Waals surface area contributed by atoms with Crippen molar-refractivity contribution in [2.24, 2.45) is 5.10 Å². The first kappa shape index (κ1) is 18.3. The summed E-state index contributed by atoms with van der Waals surface area (Å²) in [5, 5.41) is 7.12. The van der Waals surface area contributed by atoms with Gasteiger partial charge in [-0.25, -0.2) is 5.01 Å². The van der Waals surface area contributed by atoms with E-state index in [0.717, 1.165) is 44.8 Å². The molecule has 2 heterocycles. The number of fused-ring (bicyclic) bond motifs is 3. The van der Waals surface area contributed by atoms with Crippen LogP contribution < -0.4 is 9.47 Å². The third-order valence-electron chi connectivity index (χ3n) is 5.54. The Morgan fingerprint density at radius 2 is 1.79 bits per heavy atom. The number of ether oxygens (including phenoxy) is 2. The highest BCUT2D eigenvalue weighted by Crippen LogP contribution is 2.48. The van der Waals surface area contributed by atoms with Crippen LogP contribution >= 0.6 is 15.9 Å². The van der Waals surface area contributed by atoms with Crippen LogP contribution in [0.3, 0.4) is 0 Å². The minimum absolute atomic E-state index is 0.139. The molecular formula is C24H21BrN2O2. The highest BCUT2D eigenvalue weighted by molar-refractivity contribution is 9.10. The van der Waals surface area contributed by atoms with Gasteiger partial charge in [0.25, 0.3) is 0 Å². The first-order chi connectivity index (χ1) is 14.1. The number of hydrogen-bond acceptors (Lipinski definition) is 4. The molecular weight excluding hydrogens is 428 g/mol. The van der Waals surface area contributed by atoms with Crippen LogP contribution in [0.15, 0.2) is 76.3 Å². The van der Waals surface area contributed by atoms with Gasteiger partial charge in [-0.3, -0.25) is 0 Å². The Morgan fingerprint density at radius 1 is 1.03 bits per heavy atom. The fourth-order valence-corrected chi connectivity index (χ4v) is 4.35. The van der Waals surface area contributed by atoms with Gasteiger partial charge in [0.2, 0.25) is 6.23 Å². The van der Waals surface area contributed by atoms with Gasteiger partial charge in [-0.1, -0.05) is 45.8 Å². The van der Waals surface area contributed by atoms with Crippen LogP contribution in [-0.2, 0) is 0 Å². The van der Waals surface area contributed by atoms with Crippen LogP contribution in [0.1, 0.15) is 40.9 Å². The Balaban J connectivity index is 1.58. The van der Waals surface area contributed by atoms with Gasteiger partial charge in [0, 0.05) is 22.0 Å². The summed E-state index contributed by atoms with van der Waals surface area (Å²) in [7, 11) is 1.68. The maximum atomic E-state index is 6.42. The quantitative estimate of drug-likeness (QED) is 0.491. The molecule has 3 aromatic carbocycles. The molecule has 5 heteroatoms. The number of halogens is 1. The molecule has 5 rings (SSSR count). The molecule has 0 radical (unpaired) electrons. The fourth-order valence-electron chi connectivity index (χ4n) is 3.97. The lowest BCUT2D eigenvalue weighted by Crippen LogP contribution is -2.33. The van der Waals surface area contributed by atoms with Crippen LogP contribution in [0.25, 0.3) is 0 Å². The van der Waals surface area contributed by atoms with Crippen molar-refractivity contribution < 1.29 is 9.47 Å². The third-order valence-corrected chi connectivity index (χ3v) is 6.03. The summed E-state index contributed by atoms with van der Waals surface area (Å²) in [5.41, 5.74) is 5.71. The molecule has 2 aliphatic rings. The highest BCUT2D eigenvalue weighted by Gasteiger charge is 2.41. The minimum Gasteiger partial charge on any atom is -0.497 e. The molecule has 0 amide bonds. The molecule has 2 aliphatic heterocycles. The molecule has 146 valence electrons. The normalized spacial score (nSPS) is 19.8. The van der Waals surface area contributed by atoms with E-state index < -0.39 is 0 Å². The lowest BCUT2D eigenvalue weighted by atomic mass is 9.95. The van der Waals surface area contributed by atoms with E-state index in [1.165, 1.54) is 5.56 Å². The van der Waals surface area contributed by atoms with E-state index in [4.69, 9.17) is 14.6 Å². The second-order valence-corrected chi connectivity index (χ2v) is 8.35. The summed E-state index contributed by atoms with van der Waals surface area (Å²) < 4.78 is 12.8.